The van der Waals surface area contributed by atoms with Crippen molar-refractivity contribution in [3.8, 4) is 0 Å². The minimum absolute atomic E-state index is 0.0142. The highest BCUT2D eigenvalue weighted by molar-refractivity contribution is 5.77. The molecule has 0 aromatic rings. The summed E-state index contributed by atoms with van der Waals surface area (Å²) in [6.07, 6.45) is 3.15. The Morgan fingerprint density at radius 2 is 1.88 bits per heavy atom. The lowest BCUT2D eigenvalue weighted by Gasteiger charge is -2.13. The van der Waals surface area contributed by atoms with Crippen LogP contribution >= 0.6 is 0 Å². The predicted molar refractivity (Wildman–Crippen MR) is 63.1 cm³/mol. The molecule has 0 aliphatic carbocycles. The van der Waals surface area contributed by atoms with Crippen molar-refractivity contribution < 1.29 is 14.7 Å². The van der Waals surface area contributed by atoms with Crippen LogP contribution in [-0.4, -0.2) is 23.5 Å². The van der Waals surface area contributed by atoms with Gasteiger partial charge in [0.2, 0.25) is 5.91 Å². The molecule has 0 aliphatic rings. The molecule has 0 aromatic heterocycles. The third kappa shape index (κ3) is 6.43. The molecule has 1 unspecified atom stereocenters. The van der Waals surface area contributed by atoms with Crippen molar-refractivity contribution in [3.63, 3.8) is 0 Å². The van der Waals surface area contributed by atoms with Gasteiger partial charge in [-0.3, -0.25) is 9.59 Å². The van der Waals surface area contributed by atoms with Crippen molar-refractivity contribution in [1.82, 2.24) is 5.32 Å². The van der Waals surface area contributed by atoms with E-state index in [1.54, 1.807) is 0 Å². The Morgan fingerprint density at radius 1 is 1.25 bits per heavy atom. The van der Waals surface area contributed by atoms with Crippen molar-refractivity contribution >= 4 is 11.9 Å². The Labute approximate surface area is 97.4 Å². The standard InChI is InChI=1S/C12H23NO3/c1-4-5-6-10(12(15)16)7-8-13-11(14)9(2)3/h9-10H,4-8H2,1-3H3,(H,13,14)(H,15,16). The molecule has 0 saturated heterocycles. The van der Waals surface area contributed by atoms with Gasteiger partial charge in [-0.2, -0.15) is 0 Å². The molecule has 1 amide bonds. The van der Waals surface area contributed by atoms with E-state index in [0.29, 0.717) is 19.4 Å². The van der Waals surface area contributed by atoms with Crippen LogP contribution in [0, 0.1) is 11.8 Å². The molecule has 0 heterocycles. The van der Waals surface area contributed by atoms with Crippen molar-refractivity contribution in [3.05, 3.63) is 0 Å². The van der Waals surface area contributed by atoms with Crippen LogP contribution < -0.4 is 5.32 Å². The molecule has 4 heteroatoms. The first-order valence-corrected chi connectivity index (χ1v) is 5.99. The molecule has 0 rings (SSSR count). The molecule has 0 fully saturated rings. The Morgan fingerprint density at radius 3 is 2.31 bits per heavy atom. The van der Waals surface area contributed by atoms with E-state index >= 15 is 0 Å². The van der Waals surface area contributed by atoms with Crippen molar-refractivity contribution in [2.75, 3.05) is 6.54 Å². The number of carbonyl (C=O) groups excluding carboxylic acids is 1. The maximum absolute atomic E-state index is 11.2. The molecule has 4 nitrogen and oxygen atoms in total. The van der Waals surface area contributed by atoms with Crippen molar-refractivity contribution in [2.45, 2.75) is 46.5 Å². The summed E-state index contributed by atoms with van der Waals surface area (Å²) in [6, 6.07) is 0. The van der Waals surface area contributed by atoms with Gasteiger partial charge in [0.15, 0.2) is 0 Å². The maximum atomic E-state index is 11.2. The topological polar surface area (TPSA) is 66.4 Å². The van der Waals surface area contributed by atoms with Gasteiger partial charge >= 0.3 is 5.97 Å². The fourth-order valence-electron chi connectivity index (χ4n) is 1.42. The lowest BCUT2D eigenvalue weighted by atomic mass is 9.98. The average molecular weight is 229 g/mol. The molecule has 16 heavy (non-hydrogen) atoms. The fourth-order valence-corrected chi connectivity index (χ4v) is 1.42. The smallest absolute Gasteiger partial charge is 0.306 e. The van der Waals surface area contributed by atoms with Gasteiger partial charge in [0, 0.05) is 12.5 Å². The Kier molecular flexibility index (Phi) is 7.60. The average Bonchev–Trinajstić information content (AvgIpc) is 2.21. The summed E-state index contributed by atoms with van der Waals surface area (Å²) in [5.74, 6) is -1.14. The summed E-state index contributed by atoms with van der Waals surface area (Å²) in [6.45, 7) is 6.14. The third-order valence-corrected chi connectivity index (χ3v) is 2.57. The molecule has 0 radical (unpaired) electrons. The fraction of sp³-hybridized carbons (Fsp3) is 0.833. The number of unbranched alkanes of at least 4 members (excludes halogenated alkanes) is 1. The zero-order valence-corrected chi connectivity index (χ0v) is 10.5. The van der Waals surface area contributed by atoms with Gasteiger partial charge in [-0.25, -0.2) is 0 Å². The number of rotatable bonds is 8. The van der Waals surface area contributed by atoms with Crippen LogP contribution in [-0.2, 0) is 9.59 Å². The lowest BCUT2D eigenvalue weighted by molar-refractivity contribution is -0.142. The monoisotopic (exact) mass is 229 g/mol. The highest BCUT2D eigenvalue weighted by Gasteiger charge is 2.16. The number of hydrogen-bond acceptors (Lipinski definition) is 2. The van der Waals surface area contributed by atoms with E-state index < -0.39 is 5.97 Å². The van der Waals surface area contributed by atoms with E-state index in [-0.39, 0.29) is 17.7 Å². The number of nitrogens with one attached hydrogen (secondary N) is 1. The maximum Gasteiger partial charge on any atom is 0.306 e. The summed E-state index contributed by atoms with van der Waals surface area (Å²) >= 11 is 0. The summed E-state index contributed by atoms with van der Waals surface area (Å²) in [4.78, 5) is 22.2. The second kappa shape index (κ2) is 8.13. The second-order valence-electron chi connectivity index (χ2n) is 4.41. The SMILES string of the molecule is CCCCC(CCNC(=O)C(C)C)C(=O)O. The predicted octanol–water partition coefficient (Wildman–Crippen LogP) is 2.04. The molecule has 0 aromatic carbocycles. The van der Waals surface area contributed by atoms with Gasteiger partial charge in [-0.15, -0.1) is 0 Å². The highest BCUT2D eigenvalue weighted by atomic mass is 16.4. The van der Waals surface area contributed by atoms with Gasteiger partial charge in [0.1, 0.15) is 0 Å². The molecule has 0 saturated carbocycles. The van der Waals surface area contributed by atoms with E-state index in [9.17, 15) is 9.59 Å². The number of aliphatic carboxylic acids is 1. The Bertz CT molecular complexity index is 226. The molecule has 0 bridgehead atoms. The molecule has 0 aliphatic heterocycles. The van der Waals surface area contributed by atoms with Crippen LogP contribution in [0.25, 0.3) is 0 Å². The number of carbonyl (C=O) groups is 2. The first-order chi connectivity index (χ1) is 7.49. The van der Waals surface area contributed by atoms with Gasteiger partial charge in [-0.1, -0.05) is 33.6 Å². The number of carboxylic acids is 1. The van der Waals surface area contributed by atoms with E-state index in [1.807, 2.05) is 20.8 Å². The summed E-state index contributed by atoms with van der Waals surface area (Å²) in [5, 5.41) is 11.7. The van der Waals surface area contributed by atoms with Gasteiger partial charge in [-0.05, 0) is 12.8 Å². The van der Waals surface area contributed by atoms with Gasteiger partial charge < -0.3 is 10.4 Å². The van der Waals surface area contributed by atoms with Crippen molar-refractivity contribution in [1.29, 1.82) is 0 Å². The molecule has 1 atom stereocenters. The summed E-state index contributed by atoms with van der Waals surface area (Å²) < 4.78 is 0. The van der Waals surface area contributed by atoms with Crippen LogP contribution in [0.3, 0.4) is 0 Å². The van der Waals surface area contributed by atoms with E-state index in [1.165, 1.54) is 0 Å². The van der Waals surface area contributed by atoms with E-state index in [4.69, 9.17) is 5.11 Å². The van der Waals surface area contributed by atoms with Gasteiger partial charge in [0.05, 0.1) is 5.92 Å². The molecule has 94 valence electrons. The van der Waals surface area contributed by atoms with Gasteiger partial charge in [0.25, 0.3) is 0 Å². The summed E-state index contributed by atoms with van der Waals surface area (Å²) in [5.41, 5.74) is 0. The van der Waals surface area contributed by atoms with Crippen LogP contribution in [0.2, 0.25) is 0 Å². The molecule has 2 N–H and O–H groups in total. The highest BCUT2D eigenvalue weighted by Crippen LogP contribution is 2.12. The zero-order chi connectivity index (χ0) is 12.6. The van der Waals surface area contributed by atoms with Crippen LogP contribution in [0.5, 0.6) is 0 Å². The number of carboxylic acid groups (broad SMARTS) is 1. The largest absolute Gasteiger partial charge is 0.481 e. The Balaban J connectivity index is 3.84. The second-order valence-corrected chi connectivity index (χ2v) is 4.41. The van der Waals surface area contributed by atoms with Crippen LogP contribution in [0.4, 0.5) is 0 Å². The van der Waals surface area contributed by atoms with Crippen LogP contribution in [0.15, 0.2) is 0 Å². The number of amides is 1. The Hall–Kier alpha value is -1.06. The lowest BCUT2D eigenvalue weighted by Crippen LogP contribution is -2.30. The van der Waals surface area contributed by atoms with Crippen molar-refractivity contribution in [2.24, 2.45) is 11.8 Å². The first-order valence-electron chi connectivity index (χ1n) is 5.99. The minimum Gasteiger partial charge on any atom is -0.481 e. The van der Waals surface area contributed by atoms with E-state index in [0.717, 1.165) is 12.8 Å². The normalized spacial score (nSPS) is 12.5. The van der Waals surface area contributed by atoms with Crippen LogP contribution in [0.1, 0.15) is 46.5 Å². The zero-order valence-electron chi connectivity index (χ0n) is 10.5. The van der Waals surface area contributed by atoms with E-state index in [2.05, 4.69) is 5.32 Å². The molecule has 0 spiro atoms. The molecular formula is C12H23NO3. The first kappa shape index (κ1) is 14.9. The minimum atomic E-state index is -0.757. The quantitative estimate of drug-likeness (QED) is 0.669. The number of hydrogen-bond donors (Lipinski definition) is 2. The molecular weight excluding hydrogens is 206 g/mol. The third-order valence-electron chi connectivity index (χ3n) is 2.57. The summed E-state index contributed by atoms with van der Waals surface area (Å²) in [7, 11) is 0.